The van der Waals surface area contributed by atoms with Crippen molar-refractivity contribution >= 4 is 22.7 Å². The largest absolute Gasteiger partial charge is 0.493 e. The minimum atomic E-state index is -0.180. The number of benzene rings is 3. The molecule has 11 nitrogen and oxygen atoms in total. The van der Waals surface area contributed by atoms with Crippen LogP contribution in [0.3, 0.4) is 0 Å². The Morgan fingerprint density at radius 1 is 0.920 bits per heavy atom. The Hall–Kier alpha value is -5.16. The predicted molar refractivity (Wildman–Crippen MR) is 190 cm³/mol. The molecule has 260 valence electrons. The molecule has 0 radical (unpaired) electrons. The molecule has 1 unspecified atom stereocenters. The van der Waals surface area contributed by atoms with Crippen LogP contribution in [0, 0.1) is 5.92 Å². The summed E-state index contributed by atoms with van der Waals surface area (Å²) in [6, 6.07) is 21.9. The predicted octanol–water partition coefficient (Wildman–Crippen LogP) is 5.60. The van der Waals surface area contributed by atoms with E-state index in [0.29, 0.717) is 48.3 Å². The zero-order chi connectivity index (χ0) is 34.7. The van der Waals surface area contributed by atoms with Crippen molar-refractivity contribution in [1.29, 1.82) is 0 Å². The molecule has 2 fully saturated rings. The van der Waals surface area contributed by atoms with E-state index in [2.05, 4.69) is 39.1 Å². The van der Waals surface area contributed by atoms with E-state index in [-0.39, 0.29) is 23.0 Å². The Kier molecular flexibility index (Phi) is 9.58. The van der Waals surface area contributed by atoms with Crippen molar-refractivity contribution in [1.82, 2.24) is 29.3 Å². The molecule has 0 aliphatic carbocycles. The maximum Gasteiger partial charge on any atom is 0.254 e. The number of likely N-dealkylation sites (tertiary alicyclic amines) is 2. The van der Waals surface area contributed by atoms with E-state index in [4.69, 9.17) is 19.2 Å². The van der Waals surface area contributed by atoms with Crippen LogP contribution in [-0.2, 0) is 12.0 Å². The second-order valence-corrected chi connectivity index (χ2v) is 13.3. The molecule has 1 amide bonds. The van der Waals surface area contributed by atoms with Gasteiger partial charge in [0.05, 0.1) is 38.9 Å². The van der Waals surface area contributed by atoms with E-state index in [9.17, 15) is 9.59 Å². The number of nitrogens with zero attached hydrogens (tertiary/aromatic N) is 5. The Labute approximate surface area is 292 Å². The van der Waals surface area contributed by atoms with E-state index in [0.717, 1.165) is 62.2 Å². The third kappa shape index (κ3) is 6.45. The average Bonchev–Trinajstić information content (AvgIpc) is 3.94. The molecule has 1 N–H and O–H groups in total. The molecule has 0 spiro atoms. The van der Waals surface area contributed by atoms with E-state index in [1.54, 1.807) is 45.9 Å². The van der Waals surface area contributed by atoms with Gasteiger partial charge in [-0.15, -0.1) is 0 Å². The number of H-pyrrole nitrogens is 1. The van der Waals surface area contributed by atoms with Crippen molar-refractivity contribution in [2.75, 3.05) is 54.1 Å². The maximum absolute atomic E-state index is 14.0. The standard InChI is InChI=1S/C39H44N6O5/c1-48-32-23-28(24-33(49-2)36(32)50-3)38(47)44-22-16-39(26-44,29-9-5-4-6-10-29)15-21-43-19-13-27(14-20-43)35(46)37-42-30-11-7-8-12-31(30)45(37)25-34-40-17-18-41-34/h4-12,17-18,23-24,27H,13-16,19-22,25-26H2,1-3H3,(H,40,41). The number of nitrogens with one attached hydrogen (secondary N) is 1. The minimum Gasteiger partial charge on any atom is -0.493 e. The molecule has 0 bridgehead atoms. The second kappa shape index (κ2) is 14.4. The van der Waals surface area contributed by atoms with E-state index >= 15 is 0 Å². The van der Waals surface area contributed by atoms with Gasteiger partial charge in [0.15, 0.2) is 17.3 Å². The van der Waals surface area contributed by atoms with Crippen molar-refractivity contribution < 1.29 is 23.8 Å². The number of ketones is 1. The van der Waals surface area contributed by atoms with Gasteiger partial charge in [-0.25, -0.2) is 9.97 Å². The summed E-state index contributed by atoms with van der Waals surface area (Å²) in [6.45, 7) is 4.31. The first-order valence-electron chi connectivity index (χ1n) is 17.3. The maximum atomic E-state index is 14.0. The van der Waals surface area contributed by atoms with E-state index in [1.165, 1.54) is 5.56 Å². The Morgan fingerprint density at radius 2 is 1.64 bits per heavy atom. The van der Waals surface area contributed by atoms with Crippen molar-refractivity contribution in [2.45, 2.75) is 37.6 Å². The van der Waals surface area contributed by atoms with Crippen LogP contribution in [0.25, 0.3) is 11.0 Å². The first kappa shape index (κ1) is 33.3. The lowest BCUT2D eigenvalue weighted by Gasteiger charge is -2.36. The average molecular weight is 677 g/mol. The molecule has 3 aromatic carbocycles. The van der Waals surface area contributed by atoms with Gasteiger partial charge < -0.3 is 33.6 Å². The number of hydrogen-bond acceptors (Lipinski definition) is 8. The highest BCUT2D eigenvalue weighted by Gasteiger charge is 2.42. The van der Waals surface area contributed by atoms with Gasteiger partial charge in [0.25, 0.3) is 5.91 Å². The Bertz CT molecular complexity index is 1930. The molecule has 5 aromatic rings. The van der Waals surface area contributed by atoms with Crippen LogP contribution in [0.1, 0.15) is 58.0 Å². The third-order valence-corrected chi connectivity index (χ3v) is 10.5. The number of hydrogen-bond donors (Lipinski definition) is 1. The molecule has 2 saturated heterocycles. The number of carbonyl (C=O) groups is 2. The van der Waals surface area contributed by atoms with Gasteiger partial charge in [-0.3, -0.25) is 9.59 Å². The number of aromatic amines is 1. The molecule has 2 aliphatic heterocycles. The molecular weight excluding hydrogens is 632 g/mol. The molecule has 2 aromatic heterocycles. The second-order valence-electron chi connectivity index (χ2n) is 13.3. The highest BCUT2D eigenvalue weighted by Crippen LogP contribution is 2.41. The van der Waals surface area contributed by atoms with Gasteiger partial charge in [0.2, 0.25) is 11.5 Å². The summed E-state index contributed by atoms with van der Waals surface area (Å²) < 4.78 is 18.5. The van der Waals surface area contributed by atoms with Gasteiger partial charge >= 0.3 is 0 Å². The number of ether oxygens (including phenoxy) is 3. The van der Waals surface area contributed by atoms with Crippen LogP contribution in [0.4, 0.5) is 0 Å². The number of fused-ring (bicyclic) bond motifs is 1. The highest BCUT2D eigenvalue weighted by molar-refractivity contribution is 5.98. The van der Waals surface area contributed by atoms with Crippen LogP contribution in [0.5, 0.6) is 17.2 Å². The molecule has 7 rings (SSSR count). The summed E-state index contributed by atoms with van der Waals surface area (Å²) in [4.78, 5) is 44.7. The number of methoxy groups -OCH3 is 3. The molecule has 2 aliphatic rings. The van der Waals surface area contributed by atoms with Crippen molar-refractivity contribution in [3.8, 4) is 17.2 Å². The first-order valence-corrected chi connectivity index (χ1v) is 17.3. The number of imidazole rings is 2. The van der Waals surface area contributed by atoms with Crippen LogP contribution < -0.4 is 14.2 Å². The van der Waals surface area contributed by atoms with Crippen LogP contribution in [0.15, 0.2) is 79.1 Å². The number of aromatic nitrogens is 4. The lowest BCUT2D eigenvalue weighted by molar-refractivity contribution is 0.0777. The third-order valence-electron chi connectivity index (χ3n) is 10.5. The van der Waals surface area contributed by atoms with E-state index < -0.39 is 0 Å². The van der Waals surface area contributed by atoms with Gasteiger partial charge in [-0.2, -0.15) is 0 Å². The molecular formula is C39H44N6O5. The Morgan fingerprint density at radius 3 is 2.32 bits per heavy atom. The summed E-state index contributed by atoms with van der Waals surface area (Å²) in [5, 5.41) is 0. The molecule has 50 heavy (non-hydrogen) atoms. The summed E-state index contributed by atoms with van der Waals surface area (Å²) in [7, 11) is 4.66. The molecule has 11 heteroatoms. The normalized spacial score (nSPS) is 18.4. The zero-order valence-corrected chi connectivity index (χ0v) is 28.9. The number of Topliss-reactive ketones (excluding diaryl/α,β-unsaturated/α-hetero) is 1. The summed E-state index contributed by atoms with van der Waals surface area (Å²) in [5.74, 6) is 2.64. The van der Waals surface area contributed by atoms with Crippen LogP contribution in [0.2, 0.25) is 0 Å². The van der Waals surface area contributed by atoms with Crippen molar-refractivity contribution in [3.63, 3.8) is 0 Å². The van der Waals surface area contributed by atoms with Crippen molar-refractivity contribution in [3.05, 3.63) is 102 Å². The SMILES string of the molecule is COc1cc(C(=O)N2CCC(CCN3CCC(C(=O)c4nc5ccccc5n4Cc4ncc[nH]4)CC3)(c3ccccc3)C2)cc(OC)c1OC. The zero-order valence-electron chi connectivity index (χ0n) is 28.9. The summed E-state index contributed by atoms with van der Waals surface area (Å²) in [6.07, 6.45) is 6.87. The topological polar surface area (TPSA) is 115 Å². The molecule has 1 atom stereocenters. The van der Waals surface area contributed by atoms with Gasteiger partial charge in [0, 0.05) is 42.4 Å². The minimum absolute atomic E-state index is 0.0561. The molecule has 0 saturated carbocycles. The van der Waals surface area contributed by atoms with Gasteiger partial charge in [-0.05, 0) is 75.1 Å². The fraction of sp³-hybridized carbons (Fsp3) is 0.385. The smallest absolute Gasteiger partial charge is 0.254 e. The summed E-state index contributed by atoms with van der Waals surface area (Å²) in [5.41, 5.74) is 3.33. The number of amides is 1. The fourth-order valence-electron chi connectivity index (χ4n) is 7.74. The highest BCUT2D eigenvalue weighted by atomic mass is 16.5. The van der Waals surface area contributed by atoms with Crippen LogP contribution >= 0.6 is 0 Å². The number of rotatable bonds is 12. The van der Waals surface area contributed by atoms with E-state index in [1.807, 2.05) is 39.8 Å². The number of piperidine rings is 1. The number of para-hydroxylation sites is 2. The number of carbonyl (C=O) groups excluding carboxylic acids is 2. The fourth-order valence-corrected chi connectivity index (χ4v) is 7.74. The summed E-state index contributed by atoms with van der Waals surface area (Å²) >= 11 is 0. The van der Waals surface area contributed by atoms with Gasteiger partial charge in [-0.1, -0.05) is 42.5 Å². The molecule has 4 heterocycles. The van der Waals surface area contributed by atoms with Gasteiger partial charge in [0.1, 0.15) is 5.82 Å². The van der Waals surface area contributed by atoms with Crippen molar-refractivity contribution in [2.24, 2.45) is 5.92 Å². The quantitative estimate of drug-likeness (QED) is 0.170. The Balaban J connectivity index is 1.03. The monoisotopic (exact) mass is 676 g/mol. The lowest BCUT2D eigenvalue weighted by atomic mass is 9.76. The van der Waals surface area contributed by atoms with Crippen LogP contribution in [-0.4, -0.2) is 95.1 Å². The first-order chi connectivity index (χ1) is 24.4. The lowest BCUT2D eigenvalue weighted by Crippen LogP contribution is -2.41.